The van der Waals surface area contributed by atoms with E-state index < -0.39 is 0 Å². The van der Waals surface area contributed by atoms with Crippen LogP contribution in [0, 0.1) is 0 Å². The highest BCUT2D eigenvalue weighted by molar-refractivity contribution is 5.98. The van der Waals surface area contributed by atoms with Gasteiger partial charge in [-0.25, -0.2) is 0 Å². The van der Waals surface area contributed by atoms with Gasteiger partial charge < -0.3 is 4.74 Å². The van der Waals surface area contributed by atoms with E-state index in [1.165, 1.54) is 0 Å². The Hall–Kier alpha value is -0.790. The fourth-order valence-electron chi connectivity index (χ4n) is 0.947. The van der Waals surface area contributed by atoms with E-state index >= 15 is 0 Å². The lowest BCUT2D eigenvalue weighted by molar-refractivity contribution is 0.312. The van der Waals surface area contributed by atoms with E-state index in [1.807, 2.05) is 6.08 Å². The molecule has 0 aromatic carbocycles. The van der Waals surface area contributed by atoms with Crippen molar-refractivity contribution in [1.29, 1.82) is 0 Å². The van der Waals surface area contributed by atoms with Gasteiger partial charge in [-0.2, -0.15) is 0 Å². The summed E-state index contributed by atoms with van der Waals surface area (Å²) in [4.78, 5) is 4.12. The maximum Gasteiger partial charge on any atom is 0.135 e. The van der Waals surface area contributed by atoms with Crippen molar-refractivity contribution < 1.29 is 4.74 Å². The summed E-state index contributed by atoms with van der Waals surface area (Å²) in [5.41, 5.74) is 1.04. The first-order valence-corrected chi connectivity index (χ1v) is 4.00. The molecule has 2 heteroatoms. The Labute approximate surface area is 69.0 Å². The van der Waals surface area contributed by atoms with Gasteiger partial charge in [-0.3, -0.25) is 4.99 Å². The van der Waals surface area contributed by atoms with Crippen molar-refractivity contribution in [3.63, 3.8) is 0 Å². The van der Waals surface area contributed by atoms with Gasteiger partial charge in [0.05, 0.1) is 12.8 Å². The lowest BCUT2D eigenvalue weighted by Gasteiger charge is -2.06. The molecule has 0 fully saturated rings. The molecule has 0 atom stereocenters. The molecule has 0 bridgehead atoms. The van der Waals surface area contributed by atoms with Crippen LogP contribution in [0.1, 0.15) is 26.7 Å². The van der Waals surface area contributed by atoms with E-state index in [-0.39, 0.29) is 0 Å². The Bertz CT molecular complexity index is 159. The first kappa shape index (κ1) is 10.2. The summed E-state index contributed by atoms with van der Waals surface area (Å²) in [5, 5.41) is 0. The molecule has 0 N–H and O–H groups in total. The maximum absolute atomic E-state index is 5.16. The van der Waals surface area contributed by atoms with E-state index in [9.17, 15) is 0 Å². The Morgan fingerprint density at radius 2 is 2.09 bits per heavy atom. The second-order valence-corrected chi connectivity index (χ2v) is 2.20. The van der Waals surface area contributed by atoms with Crippen LogP contribution in [0.5, 0.6) is 0 Å². The van der Waals surface area contributed by atoms with Crippen LogP contribution in [0.4, 0.5) is 0 Å². The molecule has 0 unspecified atom stereocenters. The van der Waals surface area contributed by atoms with Crippen LogP contribution in [0.3, 0.4) is 0 Å². The minimum Gasteiger partial charge on any atom is -0.495 e. The number of aliphatic imine (C=N–C) groups is 1. The lowest BCUT2D eigenvalue weighted by Crippen LogP contribution is -2.03. The Kier molecular flexibility index (Phi) is 5.53. The first-order chi connectivity index (χ1) is 5.29. The molecule has 0 aromatic rings. The topological polar surface area (TPSA) is 21.6 Å². The van der Waals surface area contributed by atoms with Gasteiger partial charge in [0.25, 0.3) is 0 Å². The molecule has 0 aliphatic heterocycles. The zero-order chi connectivity index (χ0) is 8.69. The van der Waals surface area contributed by atoms with E-state index in [0.717, 1.165) is 24.3 Å². The fraction of sp³-hybridized carbons (Fsp3) is 0.667. The third kappa shape index (κ3) is 3.21. The first-order valence-electron chi connectivity index (χ1n) is 4.00. The van der Waals surface area contributed by atoms with Crippen molar-refractivity contribution in [3.05, 3.63) is 11.8 Å². The van der Waals surface area contributed by atoms with Crippen molar-refractivity contribution in [1.82, 2.24) is 0 Å². The van der Waals surface area contributed by atoms with E-state index in [2.05, 4.69) is 18.8 Å². The normalized spacial score (nSPS) is 13.5. The molecule has 0 heterocycles. The van der Waals surface area contributed by atoms with Crippen molar-refractivity contribution in [3.8, 4) is 0 Å². The van der Waals surface area contributed by atoms with Gasteiger partial charge in [-0.05, 0) is 18.9 Å². The number of methoxy groups -OCH3 is 1. The quantitative estimate of drug-likeness (QED) is 0.451. The van der Waals surface area contributed by atoms with Crippen LogP contribution in [-0.2, 0) is 4.74 Å². The molecule has 0 rings (SSSR count). The summed E-state index contributed by atoms with van der Waals surface area (Å²) in [6.45, 7) is 4.16. The van der Waals surface area contributed by atoms with Crippen LogP contribution in [-0.4, -0.2) is 19.9 Å². The minimum atomic E-state index is 0.914. The summed E-state index contributed by atoms with van der Waals surface area (Å²) < 4.78 is 5.16. The summed E-state index contributed by atoms with van der Waals surface area (Å²) in [6.07, 6.45) is 3.96. The standard InChI is InChI=1S/C9H17NO/c1-5-7-9(11-4)8(6-2)10-3/h7H,5-6H2,1-4H3/b9-7+,10-8?. The highest BCUT2D eigenvalue weighted by Crippen LogP contribution is 2.03. The predicted octanol–water partition coefficient (Wildman–Crippen LogP) is 2.41. The zero-order valence-electron chi connectivity index (χ0n) is 7.85. The minimum absolute atomic E-state index is 0.914. The molecule has 64 valence electrons. The second-order valence-electron chi connectivity index (χ2n) is 2.20. The van der Waals surface area contributed by atoms with Crippen LogP contribution in [0.25, 0.3) is 0 Å². The maximum atomic E-state index is 5.16. The van der Waals surface area contributed by atoms with E-state index in [0.29, 0.717) is 0 Å². The lowest BCUT2D eigenvalue weighted by atomic mass is 10.2. The van der Waals surface area contributed by atoms with E-state index in [1.54, 1.807) is 14.2 Å². The Morgan fingerprint density at radius 3 is 2.36 bits per heavy atom. The molecule has 11 heavy (non-hydrogen) atoms. The number of hydrogen-bond acceptors (Lipinski definition) is 2. The summed E-state index contributed by atoms with van der Waals surface area (Å²) in [6, 6.07) is 0. The van der Waals surface area contributed by atoms with Crippen molar-refractivity contribution in [2.24, 2.45) is 4.99 Å². The predicted molar refractivity (Wildman–Crippen MR) is 49.0 cm³/mol. The largest absolute Gasteiger partial charge is 0.495 e. The zero-order valence-corrected chi connectivity index (χ0v) is 7.85. The summed E-state index contributed by atoms with van der Waals surface area (Å²) in [7, 11) is 3.48. The molecular weight excluding hydrogens is 138 g/mol. The molecule has 0 aliphatic carbocycles. The monoisotopic (exact) mass is 155 g/mol. The molecule has 0 radical (unpaired) electrons. The third-order valence-electron chi connectivity index (χ3n) is 1.50. The van der Waals surface area contributed by atoms with Crippen LogP contribution < -0.4 is 0 Å². The van der Waals surface area contributed by atoms with Gasteiger partial charge in [0.1, 0.15) is 5.76 Å². The van der Waals surface area contributed by atoms with Gasteiger partial charge in [0.2, 0.25) is 0 Å². The summed E-state index contributed by atoms with van der Waals surface area (Å²) in [5.74, 6) is 0.914. The number of ether oxygens (including phenoxy) is 1. The average Bonchev–Trinajstić information content (AvgIpc) is 2.05. The van der Waals surface area contributed by atoms with Crippen molar-refractivity contribution in [2.75, 3.05) is 14.2 Å². The van der Waals surface area contributed by atoms with E-state index in [4.69, 9.17) is 4.74 Å². The molecule has 0 spiro atoms. The molecule has 0 amide bonds. The Balaban J connectivity index is 4.35. The third-order valence-corrected chi connectivity index (χ3v) is 1.50. The van der Waals surface area contributed by atoms with Crippen LogP contribution >= 0.6 is 0 Å². The van der Waals surface area contributed by atoms with Gasteiger partial charge in [0.15, 0.2) is 0 Å². The number of allylic oxidation sites excluding steroid dienone is 2. The number of nitrogens with zero attached hydrogens (tertiary/aromatic N) is 1. The van der Waals surface area contributed by atoms with Crippen LogP contribution in [0.2, 0.25) is 0 Å². The smallest absolute Gasteiger partial charge is 0.135 e. The fourth-order valence-corrected chi connectivity index (χ4v) is 0.947. The van der Waals surface area contributed by atoms with Crippen molar-refractivity contribution >= 4 is 5.71 Å². The second kappa shape index (κ2) is 5.96. The van der Waals surface area contributed by atoms with Gasteiger partial charge in [-0.1, -0.05) is 13.8 Å². The summed E-state index contributed by atoms with van der Waals surface area (Å²) >= 11 is 0. The molecule has 0 saturated heterocycles. The molecule has 0 aliphatic rings. The highest BCUT2D eigenvalue weighted by atomic mass is 16.5. The Morgan fingerprint density at radius 1 is 1.45 bits per heavy atom. The van der Waals surface area contributed by atoms with Crippen molar-refractivity contribution in [2.45, 2.75) is 26.7 Å². The molecule has 0 saturated carbocycles. The molecule has 0 aromatic heterocycles. The number of hydrogen-bond donors (Lipinski definition) is 0. The molecular formula is C9H17NO. The van der Waals surface area contributed by atoms with Gasteiger partial charge in [0, 0.05) is 7.05 Å². The highest BCUT2D eigenvalue weighted by Gasteiger charge is 2.01. The SMILES string of the molecule is CC/C=C(/OC)C(CC)=NC. The average molecular weight is 155 g/mol. The van der Waals surface area contributed by atoms with Gasteiger partial charge in [-0.15, -0.1) is 0 Å². The molecule has 2 nitrogen and oxygen atoms in total. The number of rotatable bonds is 4. The van der Waals surface area contributed by atoms with Crippen LogP contribution in [0.15, 0.2) is 16.8 Å². The van der Waals surface area contributed by atoms with Gasteiger partial charge >= 0.3 is 0 Å².